The Labute approximate surface area is 132 Å². The summed E-state index contributed by atoms with van der Waals surface area (Å²) in [5, 5.41) is 0. The maximum atomic E-state index is 12.3. The first kappa shape index (κ1) is 16.3. The van der Waals surface area contributed by atoms with Gasteiger partial charge in [-0.15, -0.1) is 11.3 Å². The van der Waals surface area contributed by atoms with Crippen molar-refractivity contribution >= 4 is 27.3 Å². The zero-order valence-electron chi connectivity index (χ0n) is 12.2. The summed E-state index contributed by atoms with van der Waals surface area (Å²) in [6.45, 7) is 1.84. The van der Waals surface area contributed by atoms with Gasteiger partial charge in [0, 0.05) is 10.9 Å². The van der Waals surface area contributed by atoms with Crippen LogP contribution in [0.5, 0.6) is 11.5 Å². The number of aryl methyl sites for hydroxylation is 1. The van der Waals surface area contributed by atoms with E-state index in [1.165, 1.54) is 43.8 Å². The van der Waals surface area contributed by atoms with Gasteiger partial charge in [0.1, 0.15) is 0 Å². The topological polar surface area (TPSA) is 81.7 Å². The minimum Gasteiger partial charge on any atom is -0.493 e. The molecule has 6 nitrogen and oxygen atoms in total. The van der Waals surface area contributed by atoms with Crippen LogP contribution in [0.25, 0.3) is 0 Å². The molecule has 0 saturated carbocycles. The van der Waals surface area contributed by atoms with Crippen molar-refractivity contribution in [3.05, 3.63) is 40.1 Å². The zero-order chi connectivity index (χ0) is 16.3. The Morgan fingerprint density at radius 2 is 1.77 bits per heavy atom. The van der Waals surface area contributed by atoms with Gasteiger partial charge in [0.25, 0.3) is 15.9 Å². The minimum atomic E-state index is -3.98. The number of amides is 1. The summed E-state index contributed by atoms with van der Waals surface area (Å²) in [5.41, 5.74) is 0. The van der Waals surface area contributed by atoms with Crippen LogP contribution in [0.4, 0.5) is 0 Å². The molecular formula is C14H15NO5S2. The third kappa shape index (κ3) is 3.40. The van der Waals surface area contributed by atoms with Crippen molar-refractivity contribution in [3.8, 4) is 11.5 Å². The van der Waals surface area contributed by atoms with Gasteiger partial charge in [0.05, 0.1) is 24.0 Å². The van der Waals surface area contributed by atoms with Gasteiger partial charge >= 0.3 is 0 Å². The average molecular weight is 341 g/mol. The Kier molecular flexibility index (Phi) is 4.72. The number of sulfonamides is 1. The molecule has 1 N–H and O–H groups in total. The van der Waals surface area contributed by atoms with Crippen molar-refractivity contribution in [1.29, 1.82) is 0 Å². The van der Waals surface area contributed by atoms with Crippen molar-refractivity contribution in [2.75, 3.05) is 14.2 Å². The fraction of sp³-hybridized carbons (Fsp3) is 0.214. The molecule has 0 fully saturated rings. The summed E-state index contributed by atoms with van der Waals surface area (Å²) >= 11 is 1.22. The first-order valence-corrected chi connectivity index (χ1v) is 8.53. The number of carbonyl (C=O) groups excluding carboxylic acids is 1. The standard InChI is InChI=1S/C14H15NO5S2/c1-9-4-7-13(21-9)14(16)15-22(17,18)10-5-6-11(19-2)12(8-10)20-3/h4-8H,1-3H3,(H,15,16). The predicted octanol–water partition coefficient (Wildman–Crippen LogP) is 2.19. The molecule has 0 bridgehead atoms. The van der Waals surface area contributed by atoms with Crippen LogP contribution in [0, 0.1) is 6.92 Å². The Balaban J connectivity index is 2.28. The summed E-state index contributed by atoms with van der Waals surface area (Å²) in [4.78, 5) is 13.2. The largest absolute Gasteiger partial charge is 0.493 e. The van der Waals surface area contributed by atoms with Crippen molar-refractivity contribution < 1.29 is 22.7 Å². The van der Waals surface area contributed by atoms with Crippen molar-refractivity contribution in [2.24, 2.45) is 0 Å². The third-order valence-corrected chi connectivity index (χ3v) is 5.18. The van der Waals surface area contributed by atoms with Crippen LogP contribution >= 0.6 is 11.3 Å². The van der Waals surface area contributed by atoms with Crippen LogP contribution < -0.4 is 14.2 Å². The van der Waals surface area contributed by atoms with Crippen LogP contribution in [0.15, 0.2) is 35.2 Å². The lowest BCUT2D eigenvalue weighted by atomic mass is 10.3. The summed E-state index contributed by atoms with van der Waals surface area (Å²) in [5.74, 6) is 0.0133. The molecule has 1 aromatic carbocycles. The van der Waals surface area contributed by atoms with Gasteiger partial charge < -0.3 is 9.47 Å². The van der Waals surface area contributed by atoms with E-state index >= 15 is 0 Å². The molecule has 2 rings (SSSR count). The summed E-state index contributed by atoms with van der Waals surface area (Å²) in [6, 6.07) is 7.44. The van der Waals surface area contributed by atoms with Gasteiger partial charge in [-0.25, -0.2) is 13.1 Å². The van der Waals surface area contributed by atoms with Crippen LogP contribution in [-0.4, -0.2) is 28.5 Å². The van der Waals surface area contributed by atoms with E-state index in [4.69, 9.17) is 9.47 Å². The Morgan fingerprint density at radius 3 is 2.32 bits per heavy atom. The normalized spacial score (nSPS) is 11.0. The lowest BCUT2D eigenvalue weighted by Crippen LogP contribution is -2.30. The Morgan fingerprint density at radius 1 is 1.09 bits per heavy atom. The molecule has 0 aliphatic heterocycles. The lowest BCUT2D eigenvalue weighted by Gasteiger charge is -2.10. The molecule has 0 aliphatic carbocycles. The minimum absolute atomic E-state index is 0.0771. The number of benzene rings is 1. The molecule has 118 valence electrons. The van der Waals surface area contributed by atoms with Gasteiger partial charge in [0.2, 0.25) is 0 Å². The highest BCUT2D eigenvalue weighted by Crippen LogP contribution is 2.29. The molecule has 0 spiro atoms. The molecule has 1 aromatic heterocycles. The fourth-order valence-electron chi connectivity index (χ4n) is 1.77. The molecule has 0 aliphatic rings. The maximum Gasteiger partial charge on any atom is 0.275 e. The van der Waals surface area contributed by atoms with E-state index in [1.54, 1.807) is 12.1 Å². The SMILES string of the molecule is COc1ccc(S(=O)(=O)NC(=O)c2ccc(C)s2)cc1OC. The van der Waals surface area contributed by atoms with Gasteiger partial charge in [-0.3, -0.25) is 4.79 Å². The maximum absolute atomic E-state index is 12.3. The van der Waals surface area contributed by atoms with Crippen LogP contribution in [0.1, 0.15) is 14.5 Å². The molecular weight excluding hydrogens is 326 g/mol. The third-order valence-electron chi connectivity index (χ3n) is 2.86. The fourth-order valence-corrected chi connectivity index (χ4v) is 3.58. The quantitative estimate of drug-likeness (QED) is 0.901. The van der Waals surface area contributed by atoms with Gasteiger partial charge in [-0.05, 0) is 31.2 Å². The second-order valence-corrected chi connectivity index (χ2v) is 7.33. The van der Waals surface area contributed by atoms with Crippen LogP contribution in [0.2, 0.25) is 0 Å². The molecule has 0 unspecified atom stereocenters. The number of ether oxygens (including phenoxy) is 2. The van der Waals surface area contributed by atoms with Crippen LogP contribution in [0.3, 0.4) is 0 Å². The predicted molar refractivity (Wildman–Crippen MR) is 83.3 cm³/mol. The number of carbonyl (C=O) groups is 1. The Hall–Kier alpha value is -2.06. The summed E-state index contributed by atoms with van der Waals surface area (Å²) in [6.07, 6.45) is 0. The van der Waals surface area contributed by atoms with Crippen molar-refractivity contribution in [1.82, 2.24) is 4.72 Å². The lowest BCUT2D eigenvalue weighted by molar-refractivity contribution is 0.0985. The summed E-state index contributed by atoms with van der Waals surface area (Å²) < 4.78 is 36.7. The number of methoxy groups -OCH3 is 2. The van der Waals surface area contributed by atoms with E-state index < -0.39 is 15.9 Å². The molecule has 22 heavy (non-hydrogen) atoms. The van der Waals surface area contributed by atoms with Crippen molar-refractivity contribution in [3.63, 3.8) is 0 Å². The van der Waals surface area contributed by atoms with E-state index in [0.29, 0.717) is 10.6 Å². The van der Waals surface area contributed by atoms with Crippen LogP contribution in [-0.2, 0) is 10.0 Å². The molecule has 0 atom stereocenters. The van der Waals surface area contributed by atoms with Gasteiger partial charge in [-0.1, -0.05) is 0 Å². The molecule has 8 heteroatoms. The first-order chi connectivity index (χ1) is 10.4. The monoisotopic (exact) mass is 341 g/mol. The van der Waals surface area contributed by atoms with Gasteiger partial charge in [-0.2, -0.15) is 0 Å². The molecule has 1 amide bonds. The first-order valence-electron chi connectivity index (χ1n) is 6.23. The molecule has 0 radical (unpaired) electrons. The smallest absolute Gasteiger partial charge is 0.275 e. The second kappa shape index (κ2) is 6.37. The number of thiophene rings is 1. The zero-order valence-corrected chi connectivity index (χ0v) is 13.9. The van der Waals surface area contributed by atoms with E-state index in [0.717, 1.165) is 4.88 Å². The Bertz CT molecular complexity index is 795. The highest BCUT2D eigenvalue weighted by molar-refractivity contribution is 7.90. The number of rotatable bonds is 5. The molecule has 2 aromatic rings. The van der Waals surface area contributed by atoms with E-state index in [1.807, 2.05) is 11.6 Å². The average Bonchev–Trinajstić information content (AvgIpc) is 2.92. The highest BCUT2D eigenvalue weighted by Gasteiger charge is 2.21. The number of hydrogen-bond donors (Lipinski definition) is 1. The second-order valence-electron chi connectivity index (χ2n) is 4.36. The molecule has 0 saturated heterocycles. The number of hydrogen-bond acceptors (Lipinski definition) is 6. The van der Waals surface area contributed by atoms with E-state index in [9.17, 15) is 13.2 Å². The highest BCUT2D eigenvalue weighted by atomic mass is 32.2. The van der Waals surface area contributed by atoms with E-state index in [-0.39, 0.29) is 10.6 Å². The molecule has 1 heterocycles. The van der Waals surface area contributed by atoms with E-state index in [2.05, 4.69) is 0 Å². The van der Waals surface area contributed by atoms with Gasteiger partial charge in [0.15, 0.2) is 11.5 Å². The van der Waals surface area contributed by atoms with Crippen molar-refractivity contribution in [2.45, 2.75) is 11.8 Å². The number of nitrogens with one attached hydrogen (secondary N) is 1. The summed E-state index contributed by atoms with van der Waals surface area (Å²) in [7, 11) is -1.13.